The highest BCUT2D eigenvalue weighted by Crippen LogP contribution is 2.36. The van der Waals surface area contributed by atoms with Gasteiger partial charge in [-0.05, 0) is 85.4 Å². The first-order valence-electron chi connectivity index (χ1n) is 13.2. The Hall–Kier alpha value is -3.12. The molecule has 4 nitrogen and oxygen atoms in total. The van der Waals surface area contributed by atoms with Crippen LogP contribution >= 0.6 is 23.4 Å². The fourth-order valence-electron chi connectivity index (χ4n) is 4.66. The molecule has 4 rings (SSSR count). The predicted octanol–water partition coefficient (Wildman–Crippen LogP) is 8.56. The number of benzene rings is 3. The molecule has 0 unspecified atom stereocenters. The van der Waals surface area contributed by atoms with Crippen LogP contribution in [0.2, 0.25) is 5.02 Å². The van der Waals surface area contributed by atoms with Gasteiger partial charge in [-0.3, -0.25) is 4.79 Å². The molecule has 0 radical (unpaired) electrons. The number of pyridine rings is 1. The molecule has 6 heteroatoms. The summed E-state index contributed by atoms with van der Waals surface area (Å²) in [4.78, 5) is 15.7. The van der Waals surface area contributed by atoms with Crippen molar-refractivity contribution in [3.8, 4) is 0 Å². The Bertz CT molecular complexity index is 1460. The predicted molar refractivity (Wildman–Crippen MR) is 164 cm³/mol. The number of aliphatic hydroxyl groups is 1. The van der Waals surface area contributed by atoms with Crippen molar-refractivity contribution in [2.24, 2.45) is 0 Å². The van der Waals surface area contributed by atoms with Crippen molar-refractivity contribution < 1.29 is 15.0 Å². The minimum atomic E-state index is -0.909. The van der Waals surface area contributed by atoms with Crippen molar-refractivity contribution in [3.05, 3.63) is 112 Å². The third-order valence-electron chi connectivity index (χ3n) is 6.61. The first-order chi connectivity index (χ1) is 18.7. The van der Waals surface area contributed by atoms with Gasteiger partial charge >= 0.3 is 5.97 Å². The number of halogens is 1. The molecule has 1 aromatic heterocycles. The Morgan fingerprint density at radius 1 is 1.03 bits per heavy atom. The van der Waals surface area contributed by atoms with Gasteiger partial charge in [0.05, 0.1) is 16.8 Å². The molecule has 2 N–H and O–H groups in total. The van der Waals surface area contributed by atoms with Crippen LogP contribution < -0.4 is 0 Å². The van der Waals surface area contributed by atoms with Gasteiger partial charge in [-0.25, -0.2) is 4.98 Å². The Morgan fingerprint density at radius 3 is 2.62 bits per heavy atom. The number of aryl methyl sites for hydroxylation is 1. The molecule has 0 aliphatic heterocycles. The first kappa shape index (κ1) is 28.9. The molecular weight excluding hydrogens is 526 g/mol. The summed E-state index contributed by atoms with van der Waals surface area (Å²) in [5.41, 5.74) is 5.18. The summed E-state index contributed by atoms with van der Waals surface area (Å²) < 4.78 is 0. The van der Waals surface area contributed by atoms with Gasteiger partial charge in [0.2, 0.25) is 0 Å². The van der Waals surface area contributed by atoms with Gasteiger partial charge in [0.15, 0.2) is 0 Å². The van der Waals surface area contributed by atoms with Crippen LogP contribution in [-0.4, -0.2) is 26.9 Å². The highest BCUT2D eigenvalue weighted by atomic mass is 35.5. The van der Waals surface area contributed by atoms with Crippen molar-refractivity contribution >= 4 is 52.4 Å². The molecule has 0 fully saturated rings. The number of rotatable bonds is 12. The molecule has 0 spiro atoms. The molecule has 0 saturated carbocycles. The Balaban J connectivity index is 1.53. The third-order valence-corrected chi connectivity index (χ3v) is 8.28. The van der Waals surface area contributed by atoms with E-state index < -0.39 is 11.6 Å². The molecule has 0 aliphatic carbocycles. The van der Waals surface area contributed by atoms with Crippen molar-refractivity contribution in [1.29, 1.82) is 0 Å². The first-order valence-corrected chi connectivity index (χ1v) is 14.6. The number of carbonyl (C=O) groups is 1. The van der Waals surface area contributed by atoms with E-state index in [0.717, 1.165) is 51.9 Å². The molecule has 0 bridgehead atoms. The zero-order valence-corrected chi connectivity index (χ0v) is 23.9. The van der Waals surface area contributed by atoms with Crippen LogP contribution in [0.1, 0.15) is 66.3 Å². The second-order valence-corrected chi connectivity index (χ2v) is 11.9. The lowest BCUT2D eigenvalue weighted by molar-refractivity contribution is -0.137. The van der Waals surface area contributed by atoms with Crippen molar-refractivity contribution in [3.63, 3.8) is 0 Å². The van der Waals surface area contributed by atoms with Gasteiger partial charge in [-0.2, -0.15) is 11.8 Å². The summed E-state index contributed by atoms with van der Waals surface area (Å²) in [6.45, 7) is 3.64. The number of fused-ring (bicyclic) bond motifs is 1. The Labute approximate surface area is 239 Å². The average molecular weight is 560 g/mol. The third kappa shape index (κ3) is 8.43. The fraction of sp³-hybridized carbons (Fsp3) is 0.273. The summed E-state index contributed by atoms with van der Waals surface area (Å²) in [5.74, 6) is 0.0104. The van der Waals surface area contributed by atoms with Crippen molar-refractivity contribution in [1.82, 2.24) is 4.98 Å². The number of nitrogens with zero attached hydrogens (tertiary/aromatic N) is 1. The maximum atomic E-state index is 11.0. The zero-order chi connectivity index (χ0) is 27.8. The molecule has 3 aromatic carbocycles. The highest BCUT2D eigenvalue weighted by molar-refractivity contribution is 7.99. The van der Waals surface area contributed by atoms with Gasteiger partial charge in [0, 0.05) is 22.1 Å². The summed E-state index contributed by atoms with van der Waals surface area (Å²) >= 11 is 7.95. The number of thioether (sulfide) groups is 1. The number of carboxylic acid groups (broad SMARTS) is 1. The number of aromatic nitrogens is 1. The highest BCUT2D eigenvalue weighted by Gasteiger charge is 2.21. The molecule has 4 aromatic rings. The van der Waals surface area contributed by atoms with E-state index >= 15 is 0 Å². The monoisotopic (exact) mass is 559 g/mol. The van der Waals surface area contributed by atoms with Crippen LogP contribution in [0.3, 0.4) is 0 Å². The number of hydrogen-bond acceptors (Lipinski definition) is 4. The SMILES string of the molecule is CC(C)(O)c1ccccc1CC[C@@H](SCCCC(=O)O)c1cccc(/C=C/c2ccc3ccc(Cl)cc3n2)c1. The minimum absolute atomic E-state index is 0.175. The van der Waals surface area contributed by atoms with Crippen LogP contribution in [-0.2, 0) is 16.8 Å². The van der Waals surface area contributed by atoms with Crippen LogP contribution in [0.25, 0.3) is 23.1 Å². The topological polar surface area (TPSA) is 70.4 Å². The average Bonchev–Trinajstić information content (AvgIpc) is 2.91. The summed E-state index contributed by atoms with van der Waals surface area (Å²) in [6, 6.07) is 26.3. The molecule has 0 amide bonds. The molecule has 0 aliphatic rings. The van der Waals surface area contributed by atoms with Crippen LogP contribution in [0.15, 0.2) is 78.9 Å². The molecule has 39 heavy (non-hydrogen) atoms. The van der Waals surface area contributed by atoms with Gasteiger partial charge in [0.1, 0.15) is 0 Å². The second-order valence-electron chi connectivity index (χ2n) is 10.2. The standard InChI is InChI=1S/C33H34ClNO3S/c1-33(2,38)29-10-4-3-8-24(29)15-19-31(39-20-6-11-32(36)37)26-9-5-7-23(21-26)12-17-28-18-14-25-13-16-27(34)22-30(25)35-28/h3-5,7-10,12-14,16-18,21-22,31,38H,6,11,15,19-20H2,1-2H3,(H,36,37)/b17-12+/t31-/m1/s1. The van der Waals surface area contributed by atoms with E-state index in [1.165, 1.54) is 5.56 Å². The minimum Gasteiger partial charge on any atom is -0.481 e. The maximum absolute atomic E-state index is 11.0. The maximum Gasteiger partial charge on any atom is 0.303 e. The Morgan fingerprint density at radius 2 is 1.82 bits per heavy atom. The summed E-state index contributed by atoms with van der Waals surface area (Å²) in [7, 11) is 0. The van der Waals surface area contributed by atoms with Gasteiger partial charge in [0.25, 0.3) is 0 Å². The zero-order valence-electron chi connectivity index (χ0n) is 22.3. The molecule has 1 heterocycles. The van der Waals surface area contributed by atoms with E-state index in [4.69, 9.17) is 21.7 Å². The number of aliphatic carboxylic acids is 1. The van der Waals surface area contributed by atoms with E-state index in [1.54, 1.807) is 11.8 Å². The molecule has 0 saturated heterocycles. The van der Waals surface area contributed by atoms with Crippen LogP contribution in [0, 0.1) is 0 Å². The Kier molecular flexibility index (Phi) is 9.84. The summed E-state index contributed by atoms with van der Waals surface area (Å²) in [6.07, 6.45) is 6.58. The van der Waals surface area contributed by atoms with Gasteiger partial charge in [-0.1, -0.05) is 78.3 Å². The van der Waals surface area contributed by atoms with Crippen LogP contribution in [0.5, 0.6) is 0 Å². The number of carboxylic acids is 1. The molecule has 1 atom stereocenters. The van der Waals surface area contributed by atoms with Gasteiger partial charge < -0.3 is 10.2 Å². The molecular formula is C33H34ClNO3S. The summed E-state index contributed by atoms with van der Waals surface area (Å²) in [5, 5.41) is 21.6. The van der Waals surface area contributed by atoms with Gasteiger partial charge in [-0.15, -0.1) is 0 Å². The lowest BCUT2D eigenvalue weighted by atomic mass is 9.90. The van der Waals surface area contributed by atoms with Crippen molar-refractivity contribution in [2.45, 2.75) is 50.4 Å². The molecule has 202 valence electrons. The van der Waals surface area contributed by atoms with E-state index in [9.17, 15) is 9.90 Å². The fourth-order valence-corrected chi connectivity index (χ4v) is 6.05. The quantitative estimate of drug-likeness (QED) is 0.170. The largest absolute Gasteiger partial charge is 0.481 e. The second kappa shape index (κ2) is 13.3. The van der Waals surface area contributed by atoms with E-state index in [2.05, 4.69) is 36.4 Å². The van der Waals surface area contributed by atoms with E-state index in [0.29, 0.717) is 11.4 Å². The van der Waals surface area contributed by atoms with Crippen molar-refractivity contribution in [2.75, 3.05) is 5.75 Å². The lowest BCUT2D eigenvalue weighted by Gasteiger charge is -2.23. The lowest BCUT2D eigenvalue weighted by Crippen LogP contribution is -2.18. The number of hydrogen-bond donors (Lipinski definition) is 2. The van der Waals surface area contributed by atoms with Crippen LogP contribution in [0.4, 0.5) is 0 Å². The van der Waals surface area contributed by atoms with E-state index in [-0.39, 0.29) is 11.7 Å². The normalized spacial score (nSPS) is 12.7. The van der Waals surface area contributed by atoms with E-state index in [1.807, 2.05) is 68.5 Å². The smallest absolute Gasteiger partial charge is 0.303 e.